The molecule has 1 amide bonds. The molecule has 2 aromatic heterocycles. The van der Waals surface area contributed by atoms with E-state index in [0.717, 1.165) is 30.2 Å². The fraction of sp³-hybridized carbons (Fsp3) is 0.242. The number of benzene rings is 3. The third-order valence-corrected chi connectivity index (χ3v) is 9.49. The molecule has 5 aromatic rings. The van der Waals surface area contributed by atoms with E-state index in [1.807, 2.05) is 51.9 Å². The van der Waals surface area contributed by atoms with E-state index in [0.29, 0.717) is 53.4 Å². The summed E-state index contributed by atoms with van der Waals surface area (Å²) in [6.07, 6.45) is 3.11. The number of aromatic carboxylic acids is 1. The van der Waals surface area contributed by atoms with E-state index in [9.17, 15) is 19.5 Å². The van der Waals surface area contributed by atoms with Crippen molar-refractivity contribution >= 4 is 51.8 Å². The molecule has 1 N–H and O–H groups in total. The average molecular weight is 659 g/mol. The lowest BCUT2D eigenvalue weighted by atomic mass is 10.1. The molecule has 1 saturated heterocycles. The van der Waals surface area contributed by atoms with Gasteiger partial charge >= 0.3 is 5.97 Å². The van der Waals surface area contributed by atoms with E-state index in [1.165, 1.54) is 18.0 Å². The summed E-state index contributed by atoms with van der Waals surface area (Å²) in [7, 11) is 0. The first-order valence-corrected chi connectivity index (χ1v) is 16.2. The Kier molecular flexibility index (Phi) is 7.99. The molecule has 3 aromatic carbocycles. The summed E-state index contributed by atoms with van der Waals surface area (Å²) >= 11 is 7.40. The lowest BCUT2D eigenvalue weighted by molar-refractivity contribution is -0.128. The average Bonchev–Trinajstić information content (AvgIpc) is 3.83. The third-order valence-electron chi connectivity index (χ3n) is 8.32. The van der Waals surface area contributed by atoms with Gasteiger partial charge in [-0.15, -0.1) is 10.2 Å². The van der Waals surface area contributed by atoms with E-state index in [-0.39, 0.29) is 28.7 Å². The third kappa shape index (κ3) is 5.74. The summed E-state index contributed by atoms with van der Waals surface area (Å²) in [5.74, 6) is -1.21. The number of fused-ring (bicyclic) bond motifs is 1. The molecule has 1 aliphatic carbocycles. The molecule has 0 radical (unpaired) electrons. The number of piperazine rings is 1. The number of pyridine rings is 1. The minimum Gasteiger partial charge on any atom is -0.477 e. The highest BCUT2D eigenvalue weighted by molar-refractivity contribution is 7.99. The molecule has 1 aliphatic heterocycles. The number of hydrogen-bond acceptors (Lipinski definition) is 7. The van der Waals surface area contributed by atoms with E-state index < -0.39 is 17.2 Å². The number of carbonyl (C=O) groups is 2. The highest BCUT2D eigenvalue weighted by atomic mass is 35.5. The first-order chi connectivity index (χ1) is 22.3. The number of nitrogens with zero attached hydrogens (tertiary/aromatic N) is 6. The first kappa shape index (κ1) is 30.0. The maximum absolute atomic E-state index is 15.4. The summed E-state index contributed by atoms with van der Waals surface area (Å²) in [5.41, 5.74) is 1.50. The van der Waals surface area contributed by atoms with Gasteiger partial charge in [-0.1, -0.05) is 41.6 Å². The number of thioether (sulfide) groups is 1. The minimum atomic E-state index is -1.33. The van der Waals surface area contributed by atoms with Crippen molar-refractivity contribution in [3.8, 4) is 17.1 Å². The molecular weight excluding hydrogens is 631 g/mol. The van der Waals surface area contributed by atoms with Gasteiger partial charge in [-0.3, -0.25) is 14.2 Å². The van der Waals surface area contributed by atoms with Gasteiger partial charge in [-0.2, -0.15) is 0 Å². The number of carbonyl (C=O) groups excluding carboxylic acids is 1. The van der Waals surface area contributed by atoms with E-state index in [1.54, 1.807) is 27.7 Å². The molecule has 1 saturated carbocycles. The monoisotopic (exact) mass is 658 g/mol. The van der Waals surface area contributed by atoms with Crippen LogP contribution in [0.25, 0.3) is 28.0 Å². The van der Waals surface area contributed by atoms with Gasteiger partial charge < -0.3 is 19.5 Å². The Bertz CT molecular complexity index is 2020. The van der Waals surface area contributed by atoms with Crippen LogP contribution >= 0.6 is 23.4 Å². The van der Waals surface area contributed by atoms with Crippen LogP contribution in [-0.2, 0) is 4.79 Å². The van der Waals surface area contributed by atoms with Gasteiger partial charge in [0.1, 0.15) is 11.4 Å². The smallest absolute Gasteiger partial charge is 0.341 e. The van der Waals surface area contributed by atoms with E-state index in [4.69, 9.17) is 11.6 Å². The molecule has 0 atom stereocenters. The summed E-state index contributed by atoms with van der Waals surface area (Å²) < 4.78 is 19.1. The van der Waals surface area contributed by atoms with Crippen LogP contribution in [0.2, 0.25) is 5.02 Å². The van der Waals surface area contributed by atoms with Gasteiger partial charge in [0.25, 0.3) is 0 Å². The fourth-order valence-electron chi connectivity index (χ4n) is 5.78. The molecule has 0 bridgehead atoms. The van der Waals surface area contributed by atoms with Gasteiger partial charge in [0, 0.05) is 60.1 Å². The Morgan fingerprint density at radius 3 is 2.37 bits per heavy atom. The van der Waals surface area contributed by atoms with Crippen LogP contribution in [0.5, 0.6) is 0 Å². The van der Waals surface area contributed by atoms with Crippen molar-refractivity contribution in [1.82, 2.24) is 24.2 Å². The Balaban J connectivity index is 1.06. The number of hydrogen-bond donors (Lipinski definition) is 1. The maximum Gasteiger partial charge on any atom is 0.341 e. The van der Waals surface area contributed by atoms with Gasteiger partial charge in [-0.05, 0) is 61.4 Å². The number of anilines is 1. The van der Waals surface area contributed by atoms with E-state index in [2.05, 4.69) is 10.2 Å². The van der Waals surface area contributed by atoms with Crippen molar-refractivity contribution in [2.45, 2.75) is 24.0 Å². The van der Waals surface area contributed by atoms with E-state index >= 15 is 4.39 Å². The van der Waals surface area contributed by atoms with Gasteiger partial charge in [-0.25, -0.2) is 9.18 Å². The first-order valence-electron chi connectivity index (χ1n) is 14.8. The van der Waals surface area contributed by atoms with Crippen LogP contribution in [0, 0.1) is 5.82 Å². The molecular formula is C33H28ClFN6O4S. The van der Waals surface area contributed by atoms with Crippen LogP contribution in [0.4, 0.5) is 10.1 Å². The number of para-hydroxylation sites is 1. The molecule has 2 fully saturated rings. The zero-order valence-corrected chi connectivity index (χ0v) is 26.0. The molecule has 0 unspecified atom stereocenters. The van der Waals surface area contributed by atoms with Crippen LogP contribution in [0.3, 0.4) is 0 Å². The van der Waals surface area contributed by atoms with Crippen LogP contribution in [-0.4, -0.2) is 73.1 Å². The van der Waals surface area contributed by atoms with Crippen LogP contribution < -0.4 is 10.3 Å². The summed E-state index contributed by atoms with van der Waals surface area (Å²) in [6, 6.07) is 19.9. The summed E-state index contributed by atoms with van der Waals surface area (Å²) in [6.45, 7) is 1.60. The van der Waals surface area contributed by atoms with Crippen molar-refractivity contribution < 1.29 is 19.1 Å². The maximum atomic E-state index is 15.4. The highest BCUT2D eigenvalue weighted by Gasteiger charge is 2.29. The van der Waals surface area contributed by atoms with Crippen molar-refractivity contribution in [3.63, 3.8) is 0 Å². The zero-order valence-electron chi connectivity index (χ0n) is 24.5. The van der Waals surface area contributed by atoms with Crippen LogP contribution in [0.1, 0.15) is 29.2 Å². The molecule has 46 heavy (non-hydrogen) atoms. The van der Waals surface area contributed by atoms with Gasteiger partial charge in [0.2, 0.25) is 11.3 Å². The summed E-state index contributed by atoms with van der Waals surface area (Å²) in [4.78, 5) is 41.4. The number of halogens is 2. The lowest BCUT2D eigenvalue weighted by Gasteiger charge is -2.36. The Morgan fingerprint density at radius 2 is 1.70 bits per heavy atom. The molecule has 0 spiro atoms. The topological polar surface area (TPSA) is 114 Å². The predicted octanol–water partition coefficient (Wildman–Crippen LogP) is 5.52. The lowest BCUT2D eigenvalue weighted by Crippen LogP contribution is -2.49. The molecule has 10 nitrogen and oxygen atoms in total. The molecule has 7 rings (SSSR count). The van der Waals surface area contributed by atoms with Crippen molar-refractivity contribution in [2.24, 2.45) is 0 Å². The zero-order chi connectivity index (χ0) is 31.9. The van der Waals surface area contributed by atoms with Crippen molar-refractivity contribution in [1.29, 1.82) is 0 Å². The Hall–Kier alpha value is -4.68. The number of carboxylic acids is 1. The van der Waals surface area contributed by atoms with Gasteiger partial charge in [0.05, 0.1) is 17.0 Å². The molecule has 2 aliphatic rings. The van der Waals surface area contributed by atoms with Crippen molar-refractivity contribution in [3.05, 3.63) is 99.6 Å². The summed E-state index contributed by atoms with van der Waals surface area (Å²) in [5, 5.41) is 19.6. The van der Waals surface area contributed by atoms with Crippen LogP contribution in [0.15, 0.2) is 82.9 Å². The van der Waals surface area contributed by atoms with Crippen molar-refractivity contribution in [2.75, 3.05) is 36.8 Å². The normalized spacial score (nSPS) is 15.0. The molecule has 13 heteroatoms. The number of aromatic nitrogens is 4. The fourth-order valence-corrected chi connectivity index (χ4v) is 6.76. The Labute approximate surface area is 272 Å². The SMILES string of the molecule is O=C(O)c1cn(C2CC2)c2cc(N3CCN(C(=O)CSc4nnc(-c5ccc(Cl)cc5)n4-c4ccccc4)CC3)c(F)cc2c1=O. The standard InChI is InChI=1S/C33H28ClFN6O4S/c34-21-8-6-20(7-9-21)31-36-37-33(41(31)23-4-2-1-3-5-23)46-19-29(42)39-14-12-38(13-15-39)28-17-27-24(16-26(28)35)30(43)25(32(44)45)18-40(27)22-10-11-22/h1-9,16-18,22H,10-15,19H2,(H,44,45). The number of amides is 1. The number of carboxylic acid groups (broad SMARTS) is 1. The Morgan fingerprint density at radius 1 is 0.978 bits per heavy atom. The second-order valence-corrected chi connectivity index (χ2v) is 12.7. The predicted molar refractivity (Wildman–Crippen MR) is 175 cm³/mol. The quantitative estimate of drug-likeness (QED) is 0.217. The van der Waals surface area contributed by atoms with Gasteiger partial charge in [0.15, 0.2) is 11.0 Å². The largest absolute Gasteiger partial charge is 0.477 e. The second kappa shape index (κ2) is 12.3. The molecule has 3 heterocycles. The number of rotatable bonds is 8. The second-order valence-electron chi connectivity index (χ2n) is 11.3. The molecule has 234 valence electrons. The minimum absolute atomic E-state index is 0.0569. The highest BCUT2D eigenvalue weighted by Crippen LogP contribution is 2.38.